The van der Waals surface area contributed by atoms with E-state index in [0.29, 0.717) is 44.3 Å². The van der Waals surface area contributed by atoms with Crippen LogP contribution in [0.5, 0.6) is 0 Å². The van der Waals surface area contributed by atoms with Crippen molar-refractivity contribution in [2.24, 2.45) is 17.8 Å². The zero-order valence-electron chi connectivity index (χ0n) is 21.8. The number of ether oxygens (including phenoxy) is 1. The molecule has 7 nitrogen and oxygen atoms in total. The second-order valence-electron chi connectivity index (χ2n) is 10.7. The van der Waals surface area contributed by atoms with E-state index in [-0.39, 0.29) is 35.8 Å². The fourth-order valence-electron chi connectivity index (χ4n) is 5.02. The largest absolute Gasteiger partial charge is 0.462 e. The Labute approximate surface area is 201 Å². The Hall–Kier alpha value is -1.63. The number of carbonyl (C=O) groups is 3. The average Bonchev–Trinajstić information content (AvgIpc) is 2.77. The molecule has 0 unspecified atom stereocenters. The van der Waals surface area contributed by atoms with Crippen molar-refractivity contribution >= 4 is 17.8 Å². The van der Waals surface area contributed by atoms with Crippen LogP contribution in [0.25, 0.3) is 0 Å². The fourth-order valence-corrected chi connectivity index (χ4v) is 5.02. The Balaban J connectivity index is 1.97. The van der Waals surface area contributed by atoms with Gasteiger partial charge in [-0.15, -0.1) is 0 Å². The van der Waals surface area contributed by atoms with Gasteiger partial charge in [-0.25, -0.2) is 0 Å². The normalized spacial score (nSPS) is 21.2. The summed E-state index contributed by atoms with van der Waals surface area (Å²) in [6.45, 7) is 15.1. The Morgan fingerprint density at radius 1 is 1.03 bits per heavy atom. The van der Waals surface area contributed by atoms with E-state index in [4.69, 9.17) is 4.74 Å². The number of hydrogen-bond donors (Lipinski definition) is 1. The van der Waals surface area contributed by atoms with E-state index in [1.54, 1.807) is 0 Å². The highest BCUT2D eigenvalue weighted by atomic mass is 16.5. The monoisotopic (exact) mass is 465 g/mol. The van der Waals surface area contributed by atoms with Gasteiger partial charge in [0, 0.05) is 32.6 Å². The first-order valence-corrected chi connectivity index (χ1v) is 13.2. The number of hydrogen-bond acceptors (Lipinski definition) is 5. The van der Waals surface area contributed by atoms with E-state index in [0.717, 1.165) is 38.6 Å². The summed E-state index contributed by atoms with van der Waals surface area (Å²) >= 11 is 0. The molecular formula is C26H47N3O4. The lowest BCUT2D eigenvalue weighted by atomic mass is 9.92. The first-order chi connectivity index (χ1) is 15.7. The molecule has 0 aliphatic carbocycles. The summed E-state index contributed by atoms with van der Waals surface area (Å²) in [5.74, 6) is 1.02. The molecule has 0 aromatic rings. The molecule has 0 bridgehead atoms. The smallest absolute Gasteiger partial charge is 0.306 e. The third-order valence-corrected chi connectivity index (χ3v) is 6.98. The highest BCUT2D eigenvalue weighted by molar-refractivity contribution is 5.90. The molecule has 0 saturated carbocycles. The zero-order valence-corrected chi connectivity index (χ0v) is 21.8. The number of rotatable bonds is 11. The molecule has 190 valence electrons. The van der Waals surface area contributed by atoms with E-state index < -0.39 is 6.04 Å². The van der Waals surface area contributed by atoms with E-state index in [2.05, 4.69) is 33.0 Å². The Bertz CT molecular complexity index is 639. The minimum atomic E-state index is -0.398. The summed E-state index contributed by atoms with van der Waals surface area (Å²) in [4.78, 5) is 42.8. The molecule has 2 fully saturated rings. The van der Waals surface area contributed by atoms with Gasteiger partial charge in [-0.3, -0.25) is 14.4 Å². The van der Waals surface area contributed by atoms with Crippen molar-refractivity contribution in [2.45, 2.75) is 105 Å². The highest BCUT2D eigenvalue weighted by Crippen LogP contribution is 2.25. The number of piperidine rings is 1. The summed E-state index contributed by atoms with van der Waals surface area (Å²) in [5.41, 5.74) is 0. The molecule has 2 atom stereocenters. The van der Waals surface area contributed by atoms with Crippen molar-refractivity contribution in [1.29, 1.82) is 0 Å². The Morgan fingerprint density at radius 2 is 1.67 bits per heavy atom. The molecular weight excluding hydrogens is 418 g/mol. The van der Waals surface area contributed by atoms with E-state index in [9.17, 15) is 14.4 Å². The lowest BCUT2D eigenvalue weighted by Crippen LogP contribution is -2.62. The SMILES string of the molecule is CCC(CC)OC(=O)CC1CCN(C(=O)[C@H](CC(C)C)N2CCN[C@@H](CC(C)C)C2=O)CC1. The molecule has 0 aromatic carbocycles. The number of nitrogens with zero attached hydrogens (tertiary/aromatic N) is 2. The number of carbonyl (C=O) groups excluding carboxylic acids is 3. The molecule has 2 rings (SSSR count). The third kappa shape index (κ3) is 8.27. The van der Waals surface area contributed by atoms with Gasteiger partial charge < -0.3 is 19.9 Å². The topological polar surface area (TPSA) is 79.0 Å². The van der Waals surface area contributed by atoms with Crippen molar-refractivity contribution in [2.75, 3.05) is 26.2 Å². The lowest BCUT2D eigenvalue weighted by Gasteiger charge is -2.42. The van der Waals surface area contributed by atoms with Gasteiger partial charge in [0.2, 0.25) is 11.8 Å². The van der Waals surface area contributed by atoms with Gasteiger partial charge in [0.05, 0.1) is 6.04 Å². The van der Waals surface area contributed by atoms with Crippen LogP contribution < -0.4 is 5.32 Å². The van der Waals surface area contributed by atoms with Crippen LogP contribution in [0.2, 0.25) is 0 Å². The number of nitrogens with one attached hydrogen (secondary N) is 1. The van der Waals surface area contributed by atoms with Gasteiger partial charge in [0.1, 0.15) is 12.1 Å². The van der Waals surface area contributed by atoms with Crippen molar-refractivity contribution in [3.8, 4) is 0 Å². The molecule has 7 heteroatoms. The van der Waals surface area contributed by atoms with Crippen LogP contribution in [0.4, 0.5) is 0 Å². The first kappa shape index (κ1) is 27.6. The molecule has 2 amide bonds. The summed E-state index contributed by atoms with van der Waals surface area (Å²) in [6.07, 6.45) is 5.21. The van der Waals surface area contributed by atoms with Crippen LogP contribution in [0.15, 0.2) is 0 Å². The molecule has 0 aromatic heterocycles. The predicted molar refractivity (Wildman–Crippen MR) is 131 cm³/mol. The van der Waals surface area contributed by atoms with E-state index in [1.165, 1.54) is 0 Å². The minimum Gasteiger partial charge on any atom is -0.462 e. The summed E-state index contributed by atoms with van der Waals surface area (Å²) in [5, 5.41) is 3.34. The van der Waals surface area contributed by atoms with Gasteiger partial charge in [-0.2, -0.15) is 0 Å². The molecule has 0 radical (unpaired) electrons. The number of piperazine rings is 1. The maximum atomic E-state index is 13.6. The highest BCUT2D eigenvalue weighted by Gasteiger charge is 2.39. The van der Waals surface area contributed by atoms with E-state index >= 15 is 0 Å². The quantitative estimate of drug-likeness (QED) is 0.472. The summed E-state index contributed by atoms with van der Waals surface area (Å²) < 4.78 is 5.57. The number of esters is 1. The Kier molecular flexibility index (Phi) is 11.1. The first-order valence-electron chi connectivity index (χ1n) is 13.2. The molecule has 2 heterocycles. The van der Waals surface area contributed by atoms with Gasteiger partial charge in [-0.1, -0.05) is 41.5 Å². The van der Waals surface area contributed by atoms with E-state index in [1.807, 2.05) is 23.6 Å². The molecule has 33 heavy (non-hydrogen) atoms. The molecule has 2 aliphatic heterocycles. The van der Waals surface area contributed by atoms with Gasteiger partial charge in [0.25, 0.3) is 0 Å². The summed E-state index contributed by atoms with van der Waals surface area (Å²) in [7, 11) is 0. The van der Waals surface area contributed by atoms with Gasteiger partial charge in [-0.05, 0) is 56.3 Å². The van der Waals surface area contributed by atoms with Crippen molar-refractivity contribution < 1.29 is 19.1 Å². The van der Waals surface area contributed by atoms with Crippen LogP contribution in [0.1, 0.15) is 86.5 Å². The van der Waals surface area contributed by atoms with Crippen LogP contribution in [-0.4, -0.2) is 72.0 Å². The van der Waals surface area contributed by atoms with Gasteiger partial charge in [0.15, 0.2) is 0 Å². The summed E-state index contributed by atoms with van der Waals surface area (Å²) in [6, 6.07) is -0.598. The number of likely N-dealkylation sites (tertiary alicyclic amines) is 1. The second kappa shape index (κ2) is 13.3. The zero-order chi connectivity index (χ0) is 24.5. The Morgan fingerprint density at radius 3 is 2.21 bits per heavy atom. The van der Waals surface area contributed by atoms with Crippen LogP contribution >= 0.6 is 0 Å². The predicted octanol–water partition coefficient (Wildman–Crippen LogP) is 3.61. The maximum absolute atomic E-state index is 13.6. The van der Waals surface area contributed by atoms with Crippen LogP contribution in [0.3, 0.4) is 0 Å². The minimum absolute atomic E-state index is 0.00653. The standard InChI is InChI=1S/C26H47N3O4/c1-7-21(8-2)33-24(30)17-20-9-12-28(13-10-20)26(32)23(16-19(5)6)29-14-11-27-22(25(29)31)15-18(3)4/h18-23,27H,7-17H2,1-6H3/t22-,23-/m0/s1. The lowest BCUT2D eigenvalue weighted by molar-refractivity contribution is -0.152. The third-order valence-electron chi connectivity index (χ3n) is 6.98. The van der Waals surface area contributed by atoms with Gasteiger partial charge >= 0.3 is 5.97 Å². The average molecular weight is 466 g/mol. The fraction of sp³-hybridized carbons (Fsp3) is 0.885. The van der Waals surface area contributed by atoms with Crippen LogP contribution in [-0.2, 0) is 19.1 Å². The molecule has 2 aliphatic rings. The molecule has 1 N–H and O–H groups in total. The second-order valence-corrected chi connectivity index (χ2v) is 10.7. The maximum Gasteiger partial charge on any atom is 0.306 e. The molecule has 0 spiro atoms. The van der Waals surface area contributed by atoms with Crippen molar-refractivity contribution in [3.63, 3.8) is 0 Å². The van der Waals surface area contributed by atoms with Crippen molar-refractivity contribution in [1.82, 2.24) is 15.1 Å². The van der Waals surface area contributed by atoms with Crippen molar-refractivity contribution in [3.05, 3.63) is 0 Å². The molecule has 2 saturated heterocycles. The van der Waals surface area contributed by atoms with Crippen LogP contribution in [0, 0.1) is 17.8 Å². The number of amides is 2.